The van der Waals surface area contributed by atoms with Crippen LogP contribution in [0.2, 0.25) is 10.0 Å². The maximum atomic E-state index is 13.4. The monoisotopic (exact) mass is 477 g/mol. The molecule has 2 aliphatic rings. The molecule has 1 aliphatic carbocycles. The highest BCUT2D eigenvalue weighted by molar-refractivity contribution is 6.37. The van der Waals surface area contributed by atoms with Crippen molar-refractivity contribution in [3.05, 3.63) is 33.6 Å². The summed E-state index contributed by atoms with van der Waals surface area (Å²) in [6.45, 7) is 0.219. The maximum absolute atomic E-state index is 13.4. The first-order chi connectivity index (χ1) is 14.6. The summed E-state index contributed by atoms with van der Waals surface area (Å²) in [6.07, 6.45) is -2.73. The topological polar surface area (TPSA) is 77.9 Å². The number of fused-ring (bicyclic) bond motifs is 1. The predicted octanol–water partition coefficient (Wildman–Crippen LogP) is 3.03. The number of aliphatic hydroxyl groups excluding tert-OH is 1. The van der Waals surface area contributed by atoms with Crippen molar-refractivity contribution in [2.45, 2.75) is 38.0 Å². The molecule has 1 saturated heterocycles. The van der Waals surface area contributed by atoms with Gasteiger partial charge in [-0.15, -0.1) is 0 Å². The van der Waals surface area contributed by atoms with Crippen molar-refractivity contribution in [3.8, 4) is 0 Å². The molecule has 1 saturated carbocycles. The molecule has 0 bridgehead atoms. The van der Waals surface area contributed by atoms with Crippen LogP contribution in [0.5, 0.6) is 0 Å². The van der Waals surface area contributed by atoms with Crippen molar-refractivity contribution in [3.63, 3.8) is 0 Å². The van der Waals surface area contributed by atoms with Crippen molar-refractivity contribution >= 4 is 46.2 Å². The molecule has 1 aliphatic heterocycles. The third kappa shape index (κ3) is 4.16. The Kier molecular flexibility index (Phi) is 5.74. The molecule has 12 heteroatoms. The summed E-state index contributed by atoms with van der Waals surface area (Å²) in [5, 5.41) is 13.0. The number of rotatable bonds is 1. The molecule has 0 atom stereocenters. The van der Waals surface area contributed by atoms with Crippen molar-refractivity contribution in [1.82, 2.24) is 14.5 Å². The lowest BCUT2D eigenvalue weighted by atomic mass is 9.95. The smallest absolute Gasteiger partial charge is 0.393 e. The number of aliphatic hydroxyl groups is 1. The zero-order valence-corrected chi connectivity index (χ0v) is 17.6. The first-order valence-corrected chi connectivity index (χ1v) is 10.4. The Bertz CT molecular complexity index is 1100. The molecular formula is C19H18Cl2F3N4O3+. The van der Waals surface area contributed by atoms with Crippen LogP contribution in [0.4, 0.5) is 13.2 Å². The molecule has 0 unspecified atom stereocenters. The average Bonchev–Trinajstić information content (AvgIpc) is 3.03. The highest BCUT2D eigenvalue weighted by Gasteiger charge is 2.39. The molecule has 0 spiro atoms. The van der Waals surface area contributed by atoms with Gasteiger partial charge < -0.3 is 10.0 Å². The van der Waals surface area contributed by atoms with Gasteiger partial charge in [-0.1, -0.05) is 23.2 Å². The van der Waals surface area contributed by atoms with Crippen molar-refractivity contribution in [2.75, 3.05) is 19.6 Å². The lowest BCUT2D eigenvalue weighted by Gasteiger charge is -2.25. The lowest BCUT2D eigenvalue weighted by Crippen LogP contribution is -2.50. The number of carbonyl (C=O) groups is 2. The van der Waals surface area contributed by atoms with Crippen LogP contribution in [0.1, 0.15) is 41.9 Å². The van der Waals surface area contributed by atoms with Gasteiger partial charge in [0.15, 0.2) is 18.0 Å². The normalized spacial score (nSPS) is 20.6. The van der Waals surface area contributed by atoms with Gasteiger partial charge in [0.05, 0.1) is 23.2 Å². The van der Waals surface area contributed by atoms with Gasteiger partial charge in [0, 0.05) is 17.9 Å². The van der Waals surface area contributed by atoms with E-state index in [1.807, 2.05) is 0 Å². The second kappa shape index (κ2) is 8.07. The Morgan fingerprint density at radius 3 is 2.52 bits per heavy atom. The lowest BCUT2D eigenvalue weighted by molar-refractivity contribution is -0.460. The van der Waals surface area contributed by atoms with Gasteiger partial charge in [-0.05, 0) is 25.0 Å². The Morgan fingerprint density at radius 1 is 1.23 bits per heavy atom. The SMILES string of the molecule is O=C(c1nn2c(C(F)(F)F)cc(Cl)cc2c1Cl)N1CC[N+](=C2CCC(O)CC2)C(=O)C1. The second-order valence-corrected chi connectivity index (χ2v) is 8.40. The van der Waals surface area contributed by atoms with E-state index < -0.39 is 17.8 Å². The molecule has 1 N–H and O–H groups in total. The quantitative estimate of drug-likeness (QED) is 0.640. The van der Waals surface area contributed by atoms with Gasteiger partial charge in [0.2, 0.25) is 0 Å². The van der Waals surface area contributed by atoms with Gasteiger partial charge in [-0.2, -0.15) is 22.8 Å². The van der Waals surface area contributed by atoms with Crippen molar-refractivity contribution < 1.29 is 32.4 Å². The molecule has 2 aromatic heterocycles. The number of carbonyl (C=O) groups excluding carboxylic acids is 2. The molecule has 0 radical (unpaired) electrons. The highest BCUT2D eigenvalue weighted by atomic mass is 35.5. The van der Waals surface area contributed by atoms with Crippen LogP contribution in [-0.4, -0.2) is 67.5 Å². The first-order valence-electron chi connectivity index (χ1n) is 9.63. The number of alkyl halides is 3. The van der Waals surface area contributed by atoms with Crippen molar-refractivity contribution in [2.24, 2.45) is 0 Å². The van der Waals surface area contributed by atoms with Gasteiger partial charge in [0.25, 0.3) is 5.91 Å². The standard InChI is InChI=1S/C19H18Cl2F3N4O3/c20-10-7-13-16(21)17(25-28(13)14(8-10)19(22,23)24)18(31)26-5-6-27(15(30)9-26)11-1-3-12(29)4-2-11/h7-8,12,29H,1-6,9H2/q+1. The zero-order valence-electron chi connectivity index (χ0n) is 16.1. The molecule has 0 aromatic carbocycles. The summed E-state index contributed by atoms with van der Waals surface area (Å²) in [5.74, 6) is -1.01. The number of pyridine rings is 1. The number of nitrogens with zero attached hydrogens (tertiary/aromatic N) is 4. The zero-order chi connectivity index (χ0) is 22.5. The van der Waals surface area contributed by atoms with Gasteiger partial charge in [-0.3, -0.25) is 4.79 Å². The van der Waals surface area contributed by atoms with Crippen LogP contribution < -0.4 is 0 Å². The minimum Gasteiger partial charge on any atom is -0.393 e. The molecule has 2 aromatic rings. The van der Waals surface area contributed by atoms with E-state index in [9.17, 15) is 27.9 Å². The molecule has 166 valence electrons. The first kappa shape index (κ1) is 22.0. The van der Waals surface area contributed by atoms with E-state index >= 15 is 0 Å². The molecule has 7 nitrogen and oxygen atoms in total. The van der Waals surface area contributed by atoms with E-state index in [0.717, 1.165) is 5.71 Å². The van der Waals surface area contributed by atoms with Crippen LogP contribution in [0, 0.1) is 0 Å². The van der Waals surface area contributed by atoms with Crippen LogP contribution in [0.25, 0.3) is 5.52 Å². The van der Waals surface area contributed by atoms with Gasteiger partial charge >= 0.3 is 12.1 Å². The number of piperazine rings is 1. The Balaban J connectivity index is 1.62. The van der Waals surface area contributed by atoms with Crippen LogP contribution in [-0.2, 0) is 11.0 Å². The second-order valence-electron chi connectivity index (χ2n) is 7.59. The Morgan fingerprint density at radius 2 is 1.90 bits per heavy atom. The summed E-state index contributed by atoms with van der Waals surface area (Å²) in [7, 11) is 0. The Labute approximate surface area is 184 Å². The summed E-state index contributed by atoms with van der Waals surface area (Å²) in [4.78, 5) is 26.8. The largest absolute Gasteiger partial charge is 0.433 e. The van der Waals surface area contributed by atoms with Crippen LogP contribution in [0.3, 0.4) is 0 Å². The van der Waals surface area contributed by atoms with Crippen LogP contribution >= 0.6 is 23.2 Å². The summed E-state index contributed by atoms with van der Waals surface area (Å²) in [5.41, 5.74) is -0.749. The van der Waals surface area contributed by atoms with E-state index in [-0.39, 0.29) is 52.9 Å². The van der Waals surface area contributed by atoms with E-state index in [1.165, 1.54) is 11.0 Å². The van der Waals surface area contributed by atoms with E-state index in [4.69, 9.17) is 23.2 Å². The summed E-state index contributed by atoms with van der Waals surface area (Å²) >= 11 is 12.0. The third-order valence-corrected chi connectivity index (χ3v) is 6.14. The average molecular weight is 478 g/mol. The summed E-state index contributed by atoms with van der Waals surface area (Å²) < 4.78 is 42.3. The molecule has 31 heavy (non-hydrogen) atoms. The number of hydrogen-bond donors (Lipinski definition) is 1. The molecular weight excluding hydrogens is 460 g/mol. The van der Waals surface area contributed by atoms with E-state index in [1.54, 1.807) is 4.58 Å². The van der Waals surface area contributed by atoms with Crippen LogP contribution in [0.15, 0.2) is 12.1 Å². The Hall–Kier alpha value is -2.17. The van der Waals surface area contributed by atoms with Gasteiger partial charge in [0.1, 0.15) is 12.2 Å². The fraction of sp³-hybridized carbons (Fsp3) is 0.474. The van der Waals surface area contributed by atoms with E-state index in [0.29, 0.717) is 36.3 Å². The number of halogens is 5. The minimum absolute atomic E-state index is 0.147. The minimum atomic E-state index is -4.76. The molecule has 2 fully saturated rings. The third-order valence-electron chi connectivity index (χ3n) is 5.55. The maximum Gasteiger partial charge on any atom is 0.433 e. The van der Waals surface area contributed by atoms with Gasteiger partial charge in [-0.25, -0.2) is 9.31 Å². The molecule has 3 heterocycles. The highest BCUT2D eigenvalue weighted by Crippen LogP contribution is 2.35. The number of amides is 2. The number of aromatic nitrogens is 2. The van der Waals surface area contributed by atoms with E-state index in [2.05, 4.69) is 5.10 Å². The molecule has 4 rings (SSSR count). The molecule has 2 amide bonds. The number of hydrogen-bond acceptors (Lipinski definition) is 4. The summed E-state index contributed by atoms with van der Waals surface area (Å²) in [6, 6.07) is 1.90. The fourth-order valence-electron chi connectivity index (χ4n) is 3.96. The fourth-order valence-corrected chi connectivity index (χ4v) is 4.42. The predicted molar refractivity (Wildman–Crippen MR) is 106 cm³/mol. The van der Waals surface area contributed by atoms with Crippen molar-refractivity contribution in [1.29, 1.82) is 0 Å².